The SMILES string of the molecule is Cc1cc(C)n(-c2ccccc2CNc2c(C)c(C)nc3ncnn23)n1. The largest absolute Gasteiger partial charge is 0.365 e. The molecule has 132 valence electrons. The molecule has 0 spiro atoms. The number of hydrogen-bond acceptors (Lipinski definition) is 5. The van der Waals surface area contributed by atoms with Crippen LogP contribution in [0.1, 0.15) is 28.2 Å². The maximum Gasteiger partial charge on any atom is 0.254 e. The van der Waals surface area contributed by atoms with E-state index in [-0.39, 0.29) is 0 Å². The molecule has 1 N–H and O–H groups in total. The third-order valence-corrected chi connectivity index (χ3v) is 4.58. The Morgan fingerprint density at radius 2 is 1.88 bits per heavy atom. The number of hydrogen-bond donors (Lipinski definition) is 1. The number of nitrogens with one attached hydrogen (secondary N) is 1. The first-order valence-corrected chi connectivity index (χ1v) is 8.57. The van der Waals surface area contributed by atoms with Crippen LogP contribution in [-0.2, 0) is 6.54 Å². The molecule has 3 aromatic heterocycles. The van der Waals surface area contributed by atoms with E-state index < -0.39 is 0 Å². The van der Waals surface area contributed by atoms with Crippen molar-refractivity contribution in [3.63, 3.8) is 0 Å². The van der Waals surface area contributed by atoms with Crippen LogP contribution in [0.5, 0.6) is 0 Å². The lowest BCUT2D eigenvalue weighted by Crippen LogP contribution is -2.12. The van der Waals surface area contributed by atoms with Gasteiger partial charge in [0.25, 0.3) is 5.78 Å². The van der Waals surface area contributed by atoms with Gasteiger partial charge in [-0.25, -0.2) is 9.67 Å². The number of aromatic nitrogens is 6. The molecule has 0 aliphatic carbocycles. The Labute approximate surface area is 151 Å². The summed E-state index contributed by atoms with van der Waals surface area (Å²) in [6.07, 6.45) is 1.52. The Hall–Kier alpha value is -3.22. The second-order valence-electron chi connectivity index (χ2n) is 6.46. The molecule has 0 aliphatic heterocycles. The number of benzene rings is 1. The number of rotatable bonds is 4. The van der Waals surface area contributed by atoms with Crippen molar-refractivity contribution in [3.05, 3.63) is 64.9 Å². The molecule has 0 amide bonds. The summed E-state index contributed by atoms with van der Waals surface area (Å²) in [5.41, 5.74) is 6.36. The first-order chi connectivity index (χ1) is 12.5. The van der Waals surface area contributed by atoms with Crippen LogP contribution in [0.2, 0.25) is 0 Å². The van der Waals surface area contributed by atoms with Crippen molar-refractivity contribution in [1.29, 1.82) is 0 Å². The second-order valence-corrected chi connectivity index (χ2v) is 6.46. The maximum atomic E-state index is 4.62. The van der Waals surface area contributed by atoms with E-state index in [1.807, 2.05) is 37.6 Å². The van der Waals surface area contributed by atoms with E-state index in [0.29, 0.717) is 12.3 Å². The molecule has 3 heterocycles. The summed E-state index contributed by atoms with van der Waals surface area (Å²) in [5, 5.41) is 12.4. The summed E-state index contributed by atoms with van der Waals surface area (Å²) in [4.78, 5) is 8.67. The molecule has 0 unspecified atom stereocenters. The topological polar surface area (TPSA) is 72.9 Å². The molecule has 0 aliphatic rings. The summed E-state index contributed by atoms with van der Waals surface area (Å²) in [7, 11) is 0. The monoisotopic (exact) mass is 347 g/mol. The van der Waals surface area contributed by atoms with Gasteiger partial charge in [-0.15, -0.1) is 0 Å². The van der Waals surface area contributed by atoms with E-state index in [1.54, 1.807) is 4.52 Å². The minimum absolute atomic E-state index is 0.599. The molecule has 4 rings (SSSR count). The van der Waals surface area contributed by atoms with Gasteiger partial charge in [0, 0.05) is 23.5 Å². The molecular weight excluding hydrogens is 326 g/mol. The third kappa shape index (κ3) is 2.71. The third-order valence-electron chi connectivity index (χ3n) is 4.58. The van der Waals surface area contributed by atoms with Crippen LogP contribution in [0.15, 0.2) is 36.7 Å². The van der Waals surface area contributed by atoms with E-state index >= 15 is 0 Å². The van der Waals surface area contributed by atoms with Crippen LogP contribution in [0.4, 0.5) is 5.82 Å². The van der Waals surface area contributed by atoms with Gasteiger partial charge in [-0.2, -0.15) is 19.7 Å². The summed E-state index contributed by atoms with van der Waals surface area (Å²) in [6, 6.07) is 10.4. The summed E-state index contributed by atoms with van der Waals surface area (Å²) in [5.74, 6) is 1.51. The highest BCUT2D eigenvalue weighted by Crippen LogP contribution is 2.21. The van der Waals surface area contributed by atoms with Crippen molar-refractivity contribution in [3.8, 4) is 5.69 Å². The van der Waals surface area contributed by atoms with Crippen molar-refractivity contribution >= 4 is 11.6 Å². The second kappa shape index (κ2) is 6.25. The van der Waals surface area contributed by atoms with Crippen molar-refractivity contribution < 1.29 is 0 Å². The van der Waals surface area contributed by atoms with Crippen molar-refractivity contribution in [2.45, 2.75) is 34.2 Å². The van der Waals surface area contributed by atoms with Crippen LogP contribution in [-0.4, -0.2) is 29.4 Å². The molecule has 1 aromatic carbocycles. The highest BCUT2D eigenvalue weighted by atomic mass is 15.4. The van der Waals surface area contributed by atoms with Gasteiger partial charge in [0.1, 0.15) is 12.1 Å². The Bertz CT molecular complexity index is 1090. The van der Waals surface area contributed by atoms with Gasteiger partial charge in [-0.05, 0) is 45.4 Å². The molecule has 0 atom stereocenters. The number of fused-ring (bicyclic) bond motifs is 1. The lowest BCUT2D eigenvalue weighted by Gasteiger charge is -2.15. The van der Waals surface area contributed by atoms with Crippen molar-refractivity contribution in [2.24, 2.45) is 0 Å². The van der Waals surface area contributed by atoms with Crippen LogP contribution >= 0.6 is 0 Å². The smallest absolute Gasteiger partial charge is 0.254 e. The Morgan fingerprint density at radius 3 is 2.65 bits per heavy atom. The zero-order valence-electron chi connectivity index (χ0n) is 15.4. The maximum absolute atomic E-state index is 4.62. The van der Waals surface area contributed by atoms with E-state index in [2.05, 4.69) is 50.6 Å². The van der Waals surface area contributed by atoms with Gasteiger partial charge in [-0.3, -0.25) is 0 Å². The van der Waals surface area contributed by atoms with Crippen LogP contribution in [0.3, 0.4) is 0 Å². The predicted molar refractivity (Wildman–Crippen MR) is 101 cm³/mol. The van der Waals surface area contributed by atoms with Gasteiger partial charge >= 0.3 is 0 Å². The van der Waals surface area contributed by atoms with E-state index in [1.165, 1.54) is 6.33 Å². The highest BCUT2D eigenvalue weighted by Gasteiger charge is 2.13. The lowest BCUT2D eigenvalue weighted by molar-refractivity contribution is 0.819. The predicted octanol–water partition coefficient (Wildman–Crippen LogP) is 3.16. The Kier molecular flexibility index (Phi) is 3.91. The van der Waals surface area contributed by atoms with E-state index in [4.69, 9.17) is 0 Å². The molecule has 0 saturated heterocycles. The van der Waals surface area contributed by atoms with Gasteiger partial charge in [0.2, 0.25) is 0 Å². The highest BCUT2D eigenvalue weighted by molar-refractivity contribution is 5.53. The number of para-hydroxylation sites is 1. The molecule has 26 heavy (non-hydrogen) atoms. The van der Waals surface area contributed by atoms with Crippen molar-refractivity contribution in [2.75, 3.05) is 5.32 Å². The van der Waals surface area contributed by atoms with Crippen molar-refractivity contribution in [1.82, 2.24) is 29.4 Å². The minimum atomic E-state index is 0.599. The zero-order valence-corrected chi connectivity index (χ0v) is 15.4. The summed E-state index contributed by atoms with van der Waals surface area (Å²) < 4.78 is 3.73. The standard InChI is InChI=1S/C19H21N7/c1-12-9-13(2)25(24-12)17-8-6-5-7-16(17)10-20-18-14(3)15(4)23-19-21-11-22-26(18)19/h5-9,11,20H,10H2,1-4H3. The normalized spacial score (nSPS) is 11.2. The first kappa shape index (κ1) is 16.3. The number of aryl methyl sites for hydroxylation is 3. The van der Waals surface area contributed by atoms with Gasteiger partial charge < -0.3 is 5.32 Å². The number of anilines is 1. The molecule has 0 saturated carbocycles. The fourth-order valence-electron chi connectivity index (χ4n) is 3.16. The first-order valence-electron chi connectivity index (χ1n) is 8.57. The fraction of sp³-hybridized carbons (Fsp3) is 0.263. The molecule has 0 fully saturated rings. The Balaban J connectivity index is 1.71. The van der Waals surface area contributed by atoms with E-state index in [9.17, 15) is 0 Å². The number of nitrogens with zero attached hydrogens (tertiary/aromatic N) is 6. The van der Waals surface area contributed by atoms with Crippen LogP contribution in [0.25, 0.3) is 11.5 Å². The van der Waals surface area contributed by atoms with Gasteiger partial charge in [0.15, 0.2) is 0 Å². The quantitative estimate of drug-likeness (QED) is 0.614. The molecule has 0 radical (unpaired) electrons. The summed E-state index contributed by atoms with van der Waals surface area (Å²) in [6.45, 7) is 8.75. The minimum Gasteiger partial charge on any atom is -0.365 e. The summed E-state index contributed by atoms with van der Waals surface area (Å²) >= 11 is 0. The van der Waals surface area contributed by atoms with Gasteiger partial charge in [0.05, 0.1) is 11.4 Å². The molecular formula is C19H21N7. The van der Waals surface area contributed by atoms with E-state index in [0.717, 1.165) is 39.7 Å². The Morgan fingerprint density at radius 1 is 1.08 bits per heavy atom. The lowest BCUT2D eigenvalue weighted by atomic mass is 10.1. The molecule has 7 nitrogen and oxygen atoms in total. The average molecular weight is 347 g/mol. The molecule has 0 bridgehead atoms. The van der Waals surface area contributed by atoms with Gasteiger partial charge in [-0.1, -0.05) is 18.2 Å². The average Bonchev–Trinajstić information content (AvgIpc) is 3.21. The molecule has 7 heteroatoms. The zero-order chi connectivity index (χ0) is 18.3. The fourth-order valence-corrected chi connectivity index (χ4v) is 3.16. The van der Waals surface area contributed by atoms with Crippen LogP contribution in [0, 0.1) is 27.7 Å². The molecule has 4 aromatic rings. The van der Waals surface area contributed by atoms with Crippen LogP contribution < -0.4 is 5.32 Å².